The molecule has 2 nitrogen and oxygen atoms in total. The van der Waals surface area contributed by atoms with Crippen LogP contribution in [0.15, 0.2) is 53.2 Å². The summed E-state index contributed by atoms with van der Waals surface area (Å²) in [6, 6.07) is 7.87. The Balaban J connectivity index is 2.19. The predicted molar refractivity (Wildman–Crippen MR) is 65.2 cm³/mol. The number of fused-ring (bicyclic) bond motifs is 2. The fourth-order valence-electron chi connectivity index (χ4n) is 2.01. The molecule has 1 aromatic rings. The molecule has 0 N–H and O–H groups in total. The highest BCUT2D eigenvalue weighted by Crippen LogP contribution is 2.39. The van der Waals surface area contributed by atoms with Gasteiger partial charge in [0.15, 0.2) is 5.75 Å². The summed E-state index contributed by atoms with van der Waals surface area (Å²) in [5.74, 6) is 1.70. The molecule has 0 fully saturated rings. The van der Waals surface area contributed by atoms with Crippen molar-refractivity contribution in [2.75, 3.05) is 0 Å². The summed E-state index contributed by atoms with van der Waals surface area (Å²) in [7, 11) is 0. The summed E-state index contributed by atoms with van der Waals surface area (Å²) in [6.45, 7) is 4.29. The van der Waals surface area contributed by atoms with Gasteiger partial charge >= 0.3 is 0 Å². The molecule has 0 saturated heterocycles. The first kappa shape index (κ1) is 9.40. The molecule has 16 heavy (non-hydrogen) atoms. The number of allylic oxidation sites excluding steroid dienone is 4. The lowest BCUT2D eigenvalue weighted by atomic mass is 9.82. The average molecular weight is 211 g/mol. The Bertz CT molecular complexity index is 535. The quantitative estimate of drug-likeness (QED) is 0.642. The molecule has 0 bridgehead atoms. The van der Waals surface area contributed by atoms with E-state index in [1.54, 1.807) is 0 Å². The number of hydrogen-bond donors (Lipinski definition) is 0. The Morgan fingerprint density at radius 2 is 2.00 bits per heavy atom. The summed E-state index contributed by atoms with van der Waals surface area (Å²) in [6.07, 6.45) is 6.15. The molecule has 0 atom stereocenters. The van der Waals surface area contributed by atoms with Gasteiger partial charge in [-0.25, -0.2) is 4.99 Å². The average Bonchev–Trinajstić information content (AvgIpc) is 2.27. The largest absolute Gasteiger partial charge is 0.453 e. The minimum Gasteiger partial charge on any atom is -0.453 e. The van der Waals surface area contributed by atoms with Crippen LogP contribution in [0.25, 0.3) is 0 Å². The van der Waals surface area contributed by atoms with Crippen molar-refractivity contribution in [3.05, 3.63) is 48.3 Å². The highest BCUT2D eigenvalue weighted by Gasteiger charge is 2.31. The minimum atomic E-state index is -0.0579. The Morgan fingerprint density at radius 3 is 2.88 bits per heavy atom. The van der Waals surface area contributed by atoms with Gasteiger partial charge in [-0.2, -0.15) is 0 Å². The van der Waals surface area contributed by atoms with E-state index in [1.807, 2.05) is 36.4 Å². The van der Waals surface area contributed by atoms with Crippen LogP contribution in [-0.4, -0.2) is 5.71 Å². The minimum absolute atomic E-state index is 0.0579. The van der Waals surface area contributed by atoms with Gasteiger partial charge in [0.1, 0.15) is 11.4 Å². The Hall–Kier alpha value is -1.83. The third-order valence-corrected chi connectivity index (χ3v) is 2.92. The van der Waals surface area contributed by atoms with E-state index >= 15 is 0 Å². The van der Waals surface area contributed by atoms with Crippen LogP contribution >= 0.6 is 0 Å². The molecule has 0 radical (unpaired) electrons. The van der Waals surface area contributed by atoms with Crippen molar-refractivity contribution in [3.8, 4) is 5.75 Å². The van der Waals surface area contributed by atoms with Gasteiger partial charge < -0.3 is 4.74 Å². The zero-order valence-corrected chi connectivity index (χ0v) is 9.40. The smallest absolute Gasteiger partial charge is 0.153 e. The summed E-state index contributed by atoms with van der Waals surface area (Å²) in [5.41, 5.74) is 1.86. The standard InChI is InChI=1S/C14H13NO/c1-14(2)9-5-8-12-13(14)15-10-6-3-4-7-11(10)16-12/h3-9H,1-2H3. The van der Waals surface area contributed by atoms with E-state index in [1.165, 1.54) is 0 Å². The molecule has 0 saturated carbocycles. The first-order chi connectivity index (χ1) is 7.67. The molecule has 1 heterocycles. The van der Waals surface area contributed by atoms with Crippen LogP contribution in [0, 0.1) is 5.41 Å². The van der Waals surface area contributed by atoms with E-state index in [0.29, 0.717) is 0 Å². The van der Waals surface area contributed by atoms with Crippen molar-refractivity contribution in [1.82, 2.24) is 0 Å². The number of benzene rings is 1. The highest BCUT2D eigenvalue weighted by molar-refractivity contribution is 6.07. The van der Waals surface area contributed by atoms with E-state index in [4.69, 9.17) is 9.73 Å². The molecule has 0 unspecified atom stereocenters. The second kappa shape index (κ2) is 3.08. The summed E-state index contributed by atoms with van der Waals surface area (Å²) >= 11 is 0. The summed E-state index contributed by atoms with van der Waals surface area (Å²) < 4.78 is 5.85. The van der Waals surface area contributed by atoms with Crippen molar-refractivity contribution in [3.63, 3.8) is 0 Å². The van der Waals surface area contributed by atoms with Gasteiger partial charge in [-0.05, 0) is 18.2 Å². The SMILES string of the molecule is CC1(C)C=CC=C2Oc3ccccc3N=C21. The maximum Gasteiger partial charge on any atom is 0.153 e. The second-order valence-corrected chi connectivity index (χ2v) is 4.64. The van der Waals surface area contributed by atoms with Crippen LogP contribution in [0.3, 0.4) is 0 Å². The molecule has 1 aliphatic carbocycles. The molecule has 2 aliphatic rings. The van der Waals surface area contributed by atoms with Crippen molar-refractivity contribution in [1.29, 1.82) is 0 Å². The molecule has 3 rings (SSSR count). The number of para-hydroxylation sites is 2. The van der Waals surface area contributed by atoms with Crippen molar-refractivity contribution in [2.45, 2.75) is 13.8 Å². The van der Waals surface area contributed by atoms with Crippen LogP contribution in [0.1, 0.15) is 13.8 Å². The topological polar surface area (TPSA) is 21.6 Å². The summed E-state index contributed by atoms with van der Waals surface area (Å²) in [4.78, 5) is 4.69. The van der Waals surface area contributed by atoms with Gasteiger partial charge in [0.2, 0.25) is 0 Å². The van der Waals surface area contributed by atoms with Crippen molar-refractivity contribution in [2.24, 2.45) is 10.4 Å². The van der Waals surface area contributed by atoms with Crippen molar-refractivity contribution < 1.29 is 4.74 Å². The van der Waals surface area contributed by atoms with E-state index in [2.05, 4.69) is 19.9 Å². The molecular formula is C14H13NO. The maximum absolute atomic E-state index is 5.85. The molecule has 1 aromatic carbocycles. The molecule has 2 heteroatoms. The molecular weight excluding hydrogens is 198 g/mol. The second-order valence-electron chi connectivity index (χ2n) is 4.64. The normalized spacial score (nSPS) is 20.1. The fraction of sp³-hybridized carbons (Fsp3) is 0.214. The number of rotatable bonds is 0. The van der Waals surface area contributed by atoms with Gasteiger partial charge in [-0.15, -0.1) is 0 Å². The lowest BCUT2D eigenvalue weighted by Gasteiger charge is -2.30. The maximum atomic E-state index is 5.85. The third-order valence-electron chi connectivity index (χ3n) is 2.92. The number of nitrogens with zero attached hydrogens (tertiary/aromatic N) is 1. The Morgan fingerprint density at radius 1 is 1.19 bits per heavy atom. The first-order valence-corrected chi connectivity index (χ1v) is 5.43. The van der Waals surface area contributed by atoms with Crippen LogP contribution in [-0.2, 0) is 0 Å². The monoisotopic (exact) mass is 211 g/mol. The van der Waals surface area contributed by atoms with E-state index in [0.717, 1.165) is 22.9 Å². The van der Waals surface area contributed by atoms with Crippen molar-refractivity contribution >= 4 is 11.4 Å². The lowest BCUT2D eigenvalue weighted by molar-refractivity contribution is 0.435. The van der Waals surface area contributed by atoms with E-state index in [-0.39, 0.29) is 5.41 Å². The molecule has 0 spiro atoms. The van der Waals surface area contributed by atoms with E-state index in [9.17, 15) is 0 Å². The number of aliphatic imine (C=N–C) groups is 1. The Labute approximate surface area is 95.0 Å². The van der Waals surface area contributed by atoms with Crippen LogP contribution in [0.4, 0.5) is 5.69 Å². The number of ether oxygens (including phenoxy) is 1. The van der Waals surface area contributed by atoms with Crippen LogP contribution < -0.4 is 4.74 Å². The van der Waals surface area contributed by atoms with E-state index < -0.39 is 0 Å². The lowest BCUT2D eigenvalue weighted by Crippen LogP contribution is -2.29. The fourth-order valence-corrected chi connectivity index (χ4v) is 2.01. The zero-order chi connectivity index (χ0) is 11.2. The van der Waals surface area contributed by atoms with Gasteiger partial charge in [0.05, 0.1) is 5.71 Å². The van der Waals surface area contributed by atoms with Crippen LogP contribution in [0.5, 0.6) is 5.75 Å². The predicted octanol–water partition coefficient (Wildman–Crippen LogP) is 3.63. The molecule has 0 amide bonds. The van der Waals surface area contributed by atoms with Gasteiger partial charge in [0, 0.05) is 5.41 Å². The van der Waals surface area contributed by atoms with Gasteiger partial charge in [-0.1, -0.05) is 38.1 Å². The molecule has 0 aromatic heterocycles. The molecule has 1 aliphatic heterocycles. The van der Waals surface area contributed by atoms with Gasteiger partial charge in [0.25, 0.3) is 0 Å². The first-order valence-electron chi connectivity index (χ1n) is 5.43. The van der Waals surface area contributed by atoms with Gasteiger partial charge in [-0.3, -0.25) is 0 Å². The summed E-state index contributed by atoms with van der Waals surface area (Å²) in [5, 5.41) is 0. The van der Waals surface area contributed by atoms with Crippen LogP contribution in [0.2, 0.25) is 0 Å². The Kier molecular flexibility index (Phi) is 1.81. The number of hydrogen-bond acceptors (Lipinski definition) is 2. The highest BCUT2D eigenvalue weighted by atomic mass is 16.5. The zero-order valence-electron chi connectivity index (χ0n) is 9.40. The molecule has 80 valence electrons. The third kappa shape index (κ3) is 1.30.